The molecule has 0 aliphatic carbocycles. The van der Waals surface area contributed by atoms with E-state index in [1.165, 1.54) is 7.11 Å². The van der Waals surface area contributed by atoms with E-state index in [9.17, 15) is 4.79 Å². The van der Waals surface area contributed by atoms with Gasteiger partial charge in [-0.15, -0.1) is 0 Å². The molecule has 0 saturated carbocycles. The first-order valence-corrected chi connectivity index (χ1v) is 5.86. The van der Waals surface area contributed by atoms with Crippen molar-refractivity contribution in [2.24, 2.45) is 5.41 Å². The summed E-state index contributed by atoms with van der Waals surface area (Å²) in [5, 5.41) is 0. The summed E-state index contributed by atoms with van der Waals surface area (Å²) in [5.41, 5.74) is -0.369. The van der Waals surface area contributed by atoms with Gasteiger partial charge in [0.25, 0.3) is 0 Å². The average Bonchev–Trinajstić information content (AvgIpc) is 2.10. The maximum atomic E-state index is 11.3. The Bertz CT molecular complexity index is 181. The van der Waals surface area contributed by atoms with Crippen LogP contribution in [0.25, 0.3) is 0 Å². The van der Waals surface area contributed by atoms with Gasteiger partial charge >= 0.3 is 5.97 Å². The van der Waals surface area contributed by atoms with E-state index in [4.69, 9.17) is 4.74 Å². The summed E-state index contributed by atoms with van der Waals surface area (Å²) in [7, 11) is 5.53. The van der Waals surface area contributed by atoms with E-state index >= 15 is 0 Å². The Morgan fingerprint density at radius 2 is 2.00 bits per heavy atom. The van der Waals surface area contributed by atoms with Crippen LogP contribution in [0.5, 0.6) is 0 Å². The molecule has 4 heteroatoms. The summed E-state index contributed by atoms with van der Waals surface area (Å²) < 4.78 is 4.73. The van der Waals surface area contributed by atoms with Gasteiger partial charge in [-0.05, 0) is 27.9 Å². The molecule has 0 aliphatic rings. The van der Waals surface area contributed by atoms with Gasteiger partial charge in [0.1, 0.15) is 0 Å². The van der Waals surface area contributed by atoms with Crippen LogP contribution in [0.15, 0.2) is 0 Å². The Morgan fingerprint density at radius 3 is 2.43 bits per heavy atom. The molecule has 0 atom stereocenters. The first kappa shape index (κ1) is 13.8. The van der Waals surface area contributed by atoms with Crippen molar-refractivity contribution in [3.8, 4) is 0 Å². The van der Waals surface area contributed by atoms with Gasteiger partial charge < -0.3 is 9.64 Å². The molecule has 0 unspecified atom stereocenters. The Morgan fingerprint density at radius 1 is 1.43 bits per heavy atom. The van der Waals surface area contributed by atoms with Crippen molar-refractivity contribution in [3.05, 3.63) is 0 Å². The van der Waals surface area contributed by atoms with Crippen LogP contribution in [-0.4, -0.2) is 50.1 Å². The van der Waals surface area contributed by atoms with Crippen LogP contribution in [0.3, 0.4) is 0 Å². The molecule has 0 rings (SSSR count). The van der Waals surface area contributed by atoms with Gasteiger partial charge in [-0.2, -0.15) is 11.8 Å². The number of hydrogen-bond donors (Lipinski definition) is 0. The van der Waals surface area contributed by atoms with Crippen LogP contribution in [0.1, 0.15) is 13.8 Å². The molecule has 0 saturated heterocycles. The summed E-state index contributed by atoms with van der Waals surface area (Å²) in [4.78, 5) is 13.5. The van der Waals surface area contributed by atoms with E-state index in [0.29, 0.717) is 0 Å². The lowest BCUT2D eigenvalue weighted by molar-refractivity contribution is -0.149. The number of carbonyl (C=O) groups excluding carboxylic acids is 1. The van der Waals surface area contributed by atoms with Gasteiger partial charge in [0.05, 0.1) is 12.5 Å². The highest BCUT2D eigenvalue weighted by molar-refractivity contribution is 7.99. The number of methoxy groups -OCH3 is 1. The fraction of sp³-hybridized carbons (Fsp3) is 0.900. The third kappa shape index (κ3) is 5.50. The van der Waals surface area contributed by atoms with Gasteiger partial charge in [0.2, 0.25) is 0 Å². The molecule has 84 valence electrons. The van der Waals surface area contributed by atoms with Crippen LogP contribution >= 0.6 is 11.8 Å². The predicted molar refractivity (Wildman–Crippen MR) is 61.7 cm³/mol. The number of hydrogen-bond acceptors (Lipinski definition) is 4. The van der Waals surface area contributed by atoms with Crippen LogP contribution < -0.4 is 0 Å². The van der Waals surface area contributed by atoms with Crippen molar-refractivity contribution in [2.75, 3.05) is 39.3 Å². The molecule has 0 N–H and O–H groups in total. The molecule has 0 spiro atoms. The summed E-state index contributed by atoms with van der Waals surface area (Å²) in [6, 6.07) is 0. The second-order valence-electron chi connectivity index (χ2n) is 4.23. The minimum atomic E-state index is -0.369. The number of thioether (sulfide) groups is 1. The molecular weight excluding hydrogens is 198 g/mol. The second kappa shape index (κ2) is 6.30. The fourth-order valence-electron chi connectivity index (χ4n) is 0.910. The van der Waals surface area contributed by atoms with Crippen molar-refractivity contribution >= 4 is 17.7 Å². The maximum Gasteiger partial charge on any atom is 0.312 e. The van der Waals surface area contributed by atoms with E-state index in [0.717, 1.165) is 18.1 Å². The van der Waals surface area contributed by atoms with E-state index in [-0.39, 0.29) is 11.4 Å². The van der Waals surface area contributed by atoms with Crippen molar-refractivity contribution in [3.63, 3.8) is 0 Å². The summed E-state index contributed by atoms with van der Waals surface area (Å²) in [6.07, 6.45) is 0. The zero-order chi connectivity index (χ0) is 11.2. The molecule has 0 amide bonds. The topological polar surface area (TPSA) is 29.5 Å². The highest BCUT2D eigenvalue weighted by atomic mass is 32.2. The predicted octanol–water partition coefficient (Wildman–Crippen LogP) is 1.48. The third-order valence-electron chi connectivity index (χ3n) is 1.88. The molecule has 14 heavy (non-hydrogen) atoms. The quantitative estimate of drug-likeness (QED) is 0.500. The lowest BCUT2D eigenvalue weighted by Gasteiger charge is -2.21. The standard InChI is InChI=1S/C10H21NO2S/c1-10(2,9(12)13-5)8-14-7-6-11(3)4/h6-8H2,1-5H3. The van der Waals surface area contributed by atoms with Crippen molar-refractivity contribution in [2.45, 2.75) is 13.8 Å². The third-order valence-corrected chi connectivity index (χ3v) is 3.28. The Hall–Kier alpha value is -0.220. The number of carbonyl (C=O) groups is 1. The van der Waals surface area contributed by atoms with Crippen LogP contribution in [0.4, 0.5) is 0 Å². The SMILES string of the molecule is COC(=O)C(C)(C)CSCCN(C)C. The molecule has 0 aliphatic heterocycles. The molecule has 0 aromatic heterocycles. The van der Waals surface area contributed by atoms with Gasteiger partial charge in [-0.25, -0.2) is 0 Å². The van der Waals surface area contributed by atoms with E-state index in [1.807, 2.05) is 27.9 Å². The monoisotopic (exact) mass is 219 g/mol. The molecule has 0 radical (unpaired) electrons. The van der Waals surface area contributed by atoms with Crippen molar-refractivity contribution < 1.29 is 9.53 Å². The molecular formula is C10H21NO2S. The maximum absolute atomic E-state index is 11.3. The first-order chi connectivity index (χ1) is 6.40. The lowest BCUT2D eigenvalue weighted by Crippen LogP contribution is -2.28. The molecule has 0 fully saturated rings. The second-order valence-corrected chi connectivity index (χ2v) is 5.34. The number of ether oxygens (including phenoxy) is 1. The smallest absolute Gasteiger partial charge is 0.312 e. The lowest BCUT2D eigenvalue weighted by atomic mass is 9.97. The van der Waals surface area contributed by atoms with Crippen molar-refractivity contribution in [1.29, 1.82) is 0 Å². The fourth-order valence-corrected chi connectivity index (χ4v) is 2.18. The first-order valence-electron chi connectivity index (χ1n) is 4.71. The van der Waals surface area contributed by atoms with Gasteiger partial charge in [0, 0.05) is 18.1 Å². The Labute approximate surface area is 91.2 Å². The molecule has 0 bridgehead atoms. The number of nitrogens with zero attached hydrogens (tertiary/aromatic N) is 1. The zero-order valence-electron chi connectivity index (χ0n) is 9.79. The molecule has 0 aromatic carbocycles. The van der Waals surface area contributed by atoms with E-state index in [2.05, 4.69) is 4.90 Å². The molecule has 0 heterocycles. The highest BCUT2D eigenvalue weighted by Gasteiger charge is 2.28. The summed E-state index contributed by atoms with van der Waals surface area (Å²) in [6.45, 7) is 4.88. The molecule has 3 nitrogen and oxygen atoms in total. The van der Waals surface area contributed by atoms with Crippen molar-refractivity contribution in [1.82, 2.24) is 4.90 Å². The van der Waals surface area contributed by atoms with E-state index < -0.39 is 0 Å². The van der Waals surface area contributed by atoms with E-state index in [1.54, 1.807) is 11.8 Å². The average molecular weight is 219 g/mol. The highest BCUT2D eigenvalue weighted by Crippen LogP contribution is 2.23. The summed E-state index contributed by atoms with van der Waals surface area (Å²) >= 11 is 1.79. The minimum Gasteiger partial charge on any atom is -0.469 e. The number of esters is 1. The van der Waals surface area contributed by atoms with Crippen LogP contribution in [0.2, 0.25) is 0 Å². The Kier molecular flexibility index (Phi) is 6.20. The minimum absolute atomic E-state index is 0.130. The Balaban J connectivity index is 3.71. The normalized spacial score (nSPS) is 11.9. The summed E-state index contributed by atoms with van der Waals surface area (Å²) in [5.74, 6) is 1.73. The largest absolute Gasteiger partial charge is 0.469 e. The zero-order valence-corrected chi connectivity index (χ0v) is 10.6. The van der Waals surface area contributed by atoms with Crippen LogP contribution in [-0.2, 0) is 9.53 Å². The number of rotatable bonds is 6. The van der Waals surface area contributed by atoms with Gasteiger partial charge in [0.15, 0.2) is 0 Å². The van der Waals surface area contributed by atoms with Gasteiger partial charge in [-0.3, -0.25) is 4.79 Å². The molecule has 0 aromatic rings. The van der Waals surface area contributed by atoms with Crippen LogP contribution in [0, 0.1) is 5.41 Å². The van der Waals surface area contributed by atoms with Gasteiger partial charge in [-0.1, -0.05) is 0 Å².